The number of carbonyl (C=O) groups excluding carboxylic acids is 1. The topological polar surface area (TPSA) is 98.5 Å². The van der Waals surface area contributed by atoms with Crippen LogP contribution in [0.15, 0.2) is 36.4 Å². The largest absolute Gasteiger partial charge is 0.465 e. The second-order valence-electron chi connectivity index (χ2n) is 4.01. The van der Waals surface area contributed by atoms with E-state index < -0.39 is 16.0 Å². The van der Waals surface area contributed by atoms with E-state index in [0.717, 1.165) is 0 Å². The van der Waals surface area contributed by atoms with E-state index in [4.69, 9.17) is 5.73 Å². The average molecular weight is 298 g/mol. The lowest BCUT2D eigenvalue weighted by Gasteiger charge is -2.06. The Morgan fingerprint density at radius 2 is 2.15 bits per heavy atom. The minimum atomic E-state index is -3.46. The number of methoxy groups -OCH3 is 1. The van der Waals surface area contributed by atoms with E-state index >= 15 is 0 Å². The maximum atomic E-state index is 11.8. The van der Waals surface area contributed by atoms with Gasteiger partial charge >= 0.3 is 5.97 Å². The van der Waals surface area contributed by atoms with Gasteiger partial charge in [-0.3, -0.25) is 0 Å². The van der Waals surface area contributed by atoms with Gasteiger partial charge in [0.25, 0.3) is 0 Å². The number of ether oxygens (including phenoxy) is 1. The second kappa shape index (κ2) is 7.78. The fourth-order valence-corrected chi connectivity index (χ4v) is 2.60. The van der Waals surface area contributed by atoms with Crippen molar-refractivity contribution in [1.29, 1.82) is 0 Å². The molecule has 1 aromatic carbocycles. The van der Waals surface area contributed by atoms with E-state index in [1.54, 1.807) is 30.4 Å². The zero-order valence-corrected chi connectivity index (χ0v) is 12.0. The predicted octanol–water partition coefficient (Wildman–Crippen LogP) is 0.408. The van der Waals surface area contributed by atoms with Gasteiger partial charge in [-0.15, -0.1) is 0 Å². The highest BCUT2D eigenvalue weighted by Gasteiger charge is 2.12. The molecule has 0 aromatic heterocycles. The van der Waals surface area contributed by atoms with Crippen molar-refractivity contribution in [3.05, 3.63) is 47.5 Å². The van der Waals surface area contributed by atoms with Crippen LogP contribution in [0.1, 0.15) is 15.9 Å². The second-order valence-corrected chi connectivity index (χ2v) is 5.81. The summed E-state index contributed by atoms with van der Waals surface area (Å²) in [5, 5.41) is 0. The van der Waals surface area contributed by atoms with Crippen molar-refractivity contribution in [2.75, 3.05) is 20.2 Å². The molecule has 0 aliphatic heterocycles. The lowest BCUT2D eigenvalue weighted by atomic mass is 10.1. The summed E-state index contributed by atoms with van der Waals surface area (Å²) in [6, 6.07) is 6.33. The molecule has 110 valence electrons. The summed E-state index contributed by atoms with van der Waals surface area (Å²) in [6.07, 6.45) is 3.31. The molecule has 0 radical (unpaired) electrons. The normalized spacial score (nSPS) is 11.7. The van der Waals surface area contributed by atoms with Gasteiger partial charge in [-0.25, -0.2) is 17.9 Å². The fraction of sp³-hybridized carbons (Fsp3) is 0.308. The third kappa shape index (κ3) is 5.52. The first-order chi connectivity index (χ1) is 9.48. The van der Waals surface area contributed by atoms with Gasteiger partial charge in [-0.2, -0.15) is 0 Å². The number of nitrogens with two attached hydrogens (primary N) is 1. The van der Waals surface area contributed by atoms with Gasteiger partial charge in [0.1, 0.15) is 0 Å². The highest BCUT2D eigenvalue weighted by atomic mass is 32.2. The number of hydrogen-bond donors (Lipinski definition) is 2. The SMILES string of the molecule is COC(=O)c1cccc(CS(=O)(=O)NC/C=C/CN)c1. The number of carbonyl (C=O) groups is 1. The van der Waals surface area contributed by atoms with E-state index in [0.29, 0.717) is 17.7 Å². The van der Waals surface area contributed by atoms with Gasteiger partial charge in [0.15, 0.2) is 0 Å². The van der Waals surface area contributed by atoms with Gasteiger partial charge in [0, 0.05) is 13.1 Å². The lowest BCUT2D eigenvalue weighted by molar-refractivity contribution is 0.0600. The van der Waals surface area contributed by atoms with Crippen molar-refractivity contribution in [1.82, 2.24) is 4.72 Å². The molecule has 3 N–H and O–H groups in total. The van der Waals surface area contributed by atoms with Crippen LogP contribution in [0, 0.1) is 0 Å². The molecule has 0 aliphatic rings. The Labute approximate surface area is 118 Å². The first-order valence-electron chi connectivity index (χ1n) is 5.98. The van der Waals surface area contributed by atoms with Crippen molar-refractivity contribution in [2.24, 2.45) is 5.73 Å². The van der Waals surface area contributed by atoms with Crippen molar-refractivity contribution in [3.63, 3.8) is 0 Å². The molecule has 0 unspecified atom stereocenters. The van der Waals surface area contributed by atoms with Crippen LogP contribution in [0.3, 0.4) is 0 Å². The summed E-state index contributed by atoms with van der Waals surface area (Å²) in [4.78, 5) is 11.4. The molecule has 1 aromatic rings. The number of nitrogens with one attached hydrogen (secondary N) is 1. The molecule has 0 bridgehead atoms. The maximum Gasteiger partial charge on any atom is 0.337 e. The fourth-order valence-electron chi connectivity index (χ4n) is 1.53. The Balaban J connectivity index is 2.72. The van der Waals surface area contributed by atoms with Crippen LogP contribution >= 0.6 is 0 Å². The first-order valence-corrected chi connectivity index (χ1v) is 7.63. The van der Waals surface area contributed by atoms with Crippen LogP contribution in [-0.2, 0) is 20.5 Å². The zero-order chi connectivity index (χ0) is 15.0. The van der Waals surface area contributed by atoms with Gasteiger partial charge in [-0.1, -0.05) is 24.3 Å². The molecule has 20 heavy (non-hydrogen) atoms. The summed E-state index contributed by atoms with van der Waals surface area (Å²) in [5.41, 5.74) is 6.09. The van der Waals surface area contributed by atoms with Crippen molar-refractivity contribution >= 4 is 16.0 Å². The van der Waals surface area contributed by atoms with Crippen LogP contribution < -0.4 is 10.5 Å². The quantitative estimate of drug-likeness (QED) is 0.561. The summed E-state index contributed by atoms with van der Waals surface area (Å²) >= 11 is 0. The molecule has 1 rings (SSSR count). The van der Waals surface area contributed by atoms with Crippen LogP contribution in [0.25, 0.3) is 0 Å². The Morgan fingerprint density at radius 1 is 1.40 bits per heavy atom. The molecular formula is C13H18N2O4S. The van der Waals surface area contributed by atoms with Crippen molar-refractivity contribution < 1.29 is 17.9 Å². The summed E-state index contributed by atoms with van der Waals surface area (Å²) in [5.74, 6) is -0.697. The third-order valence-corrected chi connectivity index (χ3v) is 3.75. The molecule has 0 amide bonds. The number of sulfonamides is 1. The van der Waals surface area contributed by atoms with Gasteiger partial charge in [0.05, 0.1) is 18.4 Å². The van der Waals surface area contributed by atoms with Crippen LogP contribution in [0.2, 0.25) is 0 Å². The first kappa shape index (κ1) is 16.4. The van der Waals surface area contributed by atoms with Gasteiger partial charge < -0.3 is 10.5 Å². The predicted molar refractivity (Wildman–Crippen MR) is 76.6 cm³/mol. The van der Waals surface area contributed by atoms with Crippen LogP contribution in [0.5, 0.6) is 0 Å². The van der Waals surface area contributed by atoms with E-state index in [9.17, 15) is 13.2 Å². The van der Waals surface area contributed by atoms with E-state index in [1.165, 1.54) is 13.2 Å². The van der Waals surface area contributed by atoms with Gasteiger partial charge in [-0.05, 0) is 17.7 Å². The number of benzene rings is 1. The number of hydrogen-bond acceptors (Lipinski definition) is 5. The van der Waals surface area contributed by atoms with E-state index in [2.05, 4.69) is 9.46 Å². The minimum absolute atomic E-state index is 0.191. The van der Waals surface area contributed by atoms with Gasteiger partial charge in [0.2, 0.25) is 10.0 Å². The van der Waals surface area contributed by atoms with E-state index in [1.807, 2.05) is 0 Å². The Kier molecular flexibility index (Phi) is 6.37. The minimum Gasteiger partial charge on any atom is -0.465 e. The standard InChI is InChI=1S/C13H18N2O4S/c1-19-13(16)12-6-4-5-11(9-12)10-20(17,18)15-8-3-2-7-14/h2-6,9,15H,7-8,10,14H2,1H3/b3-2+. The molecule has 0 saturated heterocycles. The third-order valence-electron chi connectivity index (χ3n) is 2.43. The highest BCUT2D eigenvalue weighted by molar-refractivity contribution is 7.88. The Bertz CT molecular complexity index is 582. The Hall–Kier alpha value is -1.70. The zero-order valence-electron chi connectivity index (χ0n) is 11.2. The van der Waals surface area contributed by atoms with Crippen LogP contribution in [0.4, 0.5) is 0 Å². The lowest BCUT2D eigenvalue weighted by Crippen LogP contribution is -2.25. The highest BCUT2D eigenvalue weighted by Crippen LogP contribution is 2.09. The van der Waals surface area contributed by atoms with Crippen molar-refractivity contribution in [3.8, 4) is 0 Å². The van der Waals surface area contributed by atoms with E-state index in [-0.39, 0.29) is 12.3 Å². The average Bonchev–Trinajstić information content (AvgIpc) is 2.42. The number of esters is 1. The molecular weight excluding hydrogens is 280 g/mol. The van der Waals surface area contributed by atoms with Crippen LogP contribution in [-0.4, -0.2) is 34.6 Å². The Morgan fingerprint density at radius 3 is 2.80 bits per heavy atom. The molecule has 0 spiro atoms. The van der Waals surface area contributed by atoms with Crippen molar-refractivity contribution in [2.45, 2.75) is 5.75 Å². The molecule has 0 atom stereocenters. The molecule has 0 fully saturated rings. The smallest absolute Gasteiger partial charge is 0.337 e. The summed E-state index contributed by atoms with van der Waals surface area (Å²) in [7, 11) is -2.18. The molecule has 7 heteroatoms. The molecule has 0 aliphatic carbocycles. The monoisotopic (exact) mass is 298 g/mol. The maximum absolute atomic E-state index is 11.8. The number of rotatable bonds is 7. The molecule has 0 heterocycles. The molecule has 0 saturated carbocycles. The molecule has 6 nitrogen and oxygen atoms in total. The summed E-state index contributed by atoms with van der Waals surface area (Å²) < 4.78 is 30.6. The summed E-state index contributed by atoms with van der Waals surface area (Å²) in [6.45, 7) is 0.555.